The van der Waals surface area contributed by atoms with Crippen LogP contribution in [0.3, 0.4) is 0 Å². The van der Waals surface area contributed by atoms with Crippen LogP contribution in [0.5, 0.6) is 0 Å². The standard InChI is InChI=1S/C4H8O2S/c1-2-3-4-7(5)6/h2-3H,4H2,1H3,(H,5,6)/p-1/b3-2+. The van der Waals surface area contributed by atoms with E-state index in [9.17, 15) is 8.76 Å². The van der Waals surface area contributed by atoms with Crippen LogP contribution >= 0.6 is 0 Å². The first-order chi connectivity index (χ1) is 3.27. The highest BCUT2D eigenvalue weighted by atomic mass is 32.2. The third kappa shape index (κ3) is 5.85. The molecule has 3 heteroatoms. The highest BCUT2D eigenvalue weighted by molar-refractivity contribution is 7.79. The summed E-state index contributed by atoms with van der Waals surface area (Å²) in [6, 6.07) is 0. The molecule has 1 unspecified atom stereocenters. The Bertz CT molecular complexity index is 87.7. The average Bonchev–Trinajstić information content (AvgIpc) is 1.61. The largest absolute Gasteiger partial charge is 0.772 e. The molecule has 0 N–H and O–H groups in total. The fraction of sp³-hybridized carbons (Fsp3) is 0.500. The lowest BCUT2D eigenvalue weighted by atomic mass is 10.6. The van der Waals surface area contributed by atoms with E-state index in [0.717, 1.165) is 0 Å². The van der Waals surface area contributed by atoms with E-state index in [2.05, 4.69) is 0 Å². The van der Waals surface area contributed by atoms with Crippen molar-refractivity contribution in [3.05, 3.63) is 12.2 Å². The predicted molar refractivity (Wildman–Crippen MR) is 28.6 cm³/mol. The van der Waals surface area contributed by atoms with Crippen molar-refractivity contribution in [3.8, 4) is 0 Å². The highest BCUT2D eigenvalue weighted by Gasteiger charge is 1.69. The van der Waals surface area contributed by atoms with Gasteiger partial charge in [0.15, 0.2) is 0 Å². The highest BCUT2D eigenvalue weighted by Crippen LogP contribution is 1.74. The maximum absolute atomic E-state index is 9.71. The van der Waals surface area contributed by atoms with Gasteiger partial charge in [-0.3, -0.25) is 4.21 Å². The molecule has 0 heterocycles. The van der Waals surface area contributed by atoms with Gasteiger partial charge in [0, 0.05) is 5.75 Å². The van der Waals surface area contributed by atoms with Gasteiger partial charge < -0.3 is 4.55 Å². The Morgan fingerprint density at radius 2 is 2.43 bits per heavy atom. The van der Waals surface area contributed by atoms with Gasteiger partial charge in [0.25, 0.3) is 0 Å². The van der Waals surface area contributed by atoms with E-state index in [-0.39, 0.29) is 5.75 Å². The third-order valence-corrected chi connectivity index (χ3v) is 0.933. The van der Waals surface area contributed by atoms with Crippen molar-refractivity contribution in [1.29, 1.82) is 0 Å². The third-order valence-electron chi connectivity index (χ3n) is 0.468. The number of allylic oxidation sites excluding steroid dienone is 1. The lowest BCUT2D eigenvalue weighted by Crippen LogP contribution is -1.88. The molecule has 0 aliphatic rings. The Morgan fingerprint density at radius 1 is 1.86 bits per heavy atom. The van der Waals surface area contributed by atoms with E-state index in [4.69, 9.17) is 0 Å². The van der Waals surface area contributed by atoms with Crippen molar-refractivity contribution in [2.45, 2.75) is 6.92 Å². The molecule has 0 spiro atoms. The summed E-state index contributed by atoms with van der Waals surface area (Å²) in [5.41, 5.74) is 0. The van der Waals surface area contributed by atoms with Gasteiger partial charge in [-0.2, -0.15) is 0 Å². The minimum atomic E-state index is -1.90. The molecule has 0 saturated heterocycles. The molecule has 0 fully saturated rings. The number of rotatable bonds is 2. The fourth-order valence-corrected chi connectivity index (χ4v) is 0.524. The Balaban J connectivity index is 3.14. The van der Waals surface area contributed by atoms with Crippen molar-refractivity contribution in [1.82, 2.24) is 0 Å². The summed E-state index contributed by atoms with van der Waals surface area (Å²) in [5, 5.41) is 0. The molecule has 0 rings (SSSR count). The lowest BCUT2D eigenvalue weighted by molar-refractivity contribution is 0.540. The summed E-state index contributed by atoms with van der Waals surface area (Å²) < 4.78 is 19.4. The van der Waals surface area contributed by atoms with Crippen LogP contribution in [0.15, 0.2) is 12.2 Å². The van der Waals surface area contributed by atoms with E-state index in [1.54, 1.807) is 19.1 Å². The van der Waals surface area contributed by atoms with Gasteiger partial charge in [-0.25, -0.2) is 0 Å². The zero-order valence-corrected chi connectivity index (χ0v) is 4.90. The molecule has 0 aromatic rings. The first kappa shape index (κ1) is 6.85. The van der Waals surface area contributed by atoms with E-state index < -0.39 is 11.1 Å². The molecule has 0 aliphatic carbocycles. The fourth-order valence-electron chi connectivity index (χ4n) is 0.175. The van der Waals surface area contributed by atoms with Crippen molar-refractivity contribution in [2.75, 3.05) is 5.75 Å². The van der Waals surface area contributed by atoms with Crippen LogP contribution in [-0.4, -0.2) is 14.5 Å². The summed E-state index contributed by atoms with van der Waals surface area (Å²) in [7, 11) is 0. The molecule has 0 aromatic heterocycles. The Hall–Kier alpha value is -0.150. The molecule has 0 aromatic carbocycles. The van der Waals surface area contributed by atoms with Crippen molar-refractivity contribution in [2.24, 2.45) is 0 Å². The van der Waals surface area contributed by atoms with E-state index in [1.807, 2.05) is 0 Å². The summed E-state index contributed by atoms with van der Waals surface area (Å²) in [6.07, 6.45) is 3.29. The maximum Gasteiger partial charge on any atom is 0.0282 e. The van der Waals surface area contributed by atoms with Gasteiger partial charge in [0.2, 0.25) is 0 Å². The molecular formula is C4H7O2S-. The van der Waals surface area contributed by atoms with Crippen molar-refractivity contribution >= 4 is 11.1 Å². The van der Waals surface area contributed by atoms with Gasteiger partial charge in [-0.05, 0) is 6.92 Å². The van der Waals surface area contributed by atoms with Crippen LogP contribution in [0.1, 0.15) is 6.92 Å². The quantitative estimate of drug-likeness (QED) is 0.391. The zero-order chi connectivity index (χ0) is 5.70. The molecule has 42 valence electrons. The van der Waals surface area contributed by atoms with Crippen LogP contribution in [0, 0.1) is 0 Å². The van der Waals surface area contributed by atoms with Crippen LogP contribution in [0.25, 0.3) is 0 Å². The molecule has 1 atom stereocenters. The first-order valence-corrected chi connectivity index (χ1v) is 3.18. The molecule has 2 nitrogen and oxygen atoms in total. The predicted octanol–water partition coefficient (Wildman–Crippen LogP) is 0.442. The zero-order valence-electron chi connectivity index (χ0n) is 4.09. The smallest absolute Gasteiger partial charge is 0.0282 e. The molecule has 7 heavy (non-hydrogen) atoms. The molecule has 0 amide bonds. The van der Waals surface area contributed by atoms with Gasteiger partial charge >= 0.3 is 0 Å². The summed E-state index contributed by atoms with van der Waals surface area (Å²) in [4.78, 5) is 0. The average molecular weight is 119 g/mol. The van der Waals surface area contributed by atoms with Crippen molar-refractivity contribution in [3.63, 3.8) is 0 Å². The van der Waals surface area contributed by atoms with Crippen LogP contribution in [0.2, 0.25) is 0 Å². The molecule has 0 aliphatic heterocycles. The number of hydrogen-bond donors (Lipinski definition) is 0. The van der Waals surface area contributed by atoms with Crippen LogP contribution in [-0.2, 0) is 11.1 Å². The Morgan fingerprint density at radius 3 is 2.57 bits per heavy atom. The number of hydrogen-bond acceptors (Lipinski definition) is 2. The molecular weight excluding hydrogens is 112 g/mol. The summed E-state index contributed by atoms with van der Waals surface area (Å²) in [6.45, 7) is 1.78. The monoisotopic (exact) mass is 119 g/mol. The van der Waals surface area contributed by atoms with Crippen LogP contribution in [0.4, 0.5) is 0 Å². The second-order valence-electron chi connectivity index (χ2n) is 1.04. The van der Waals surface area contributed by atoms with Gasteiger partial charge in [0.05, 0.1) is 0 Å². The van der Waals surface area contributed by atoms with Gasteiger partial charge in [-0.15, -0.1) is 0 Å². The first-order valence-electron chi connectivity index (χ1n) is 1.94. The van der Waals surface area contributed by atoms with Gasteiger partial charge in [-0.1, -0.05) is 23.2 Å². The van der Waals surface area contributed by atoms with Crippen molar-refractivity contribution < 1.29 is 8.76 Å². The Kier molecular flexibility index (Phi) is 3.93. The van der Waals surface area contributed by atoms with E-state index in [0.29, 0.717) is 0 Å². The molecule has 0 bridgehead atoms. The summed E-state index contributed by atoms with van der Waals surface area (Å²) in [5.74, 6) is 0.135. The normalized spacial score (nSPS) is 15.1. The minimum Gasteiger partial charge on any atom is -0.772 e. The minimum absolute atomic E-state index is 0.135. The van der Waals surface area contributed by atoms with Crippen LogP contribution < -0.4 is 0 Å². The molecule has 0 radical (unpaired) electrons. The Labute approximate surface area is 45.5 Å². The van der Waals surface area contributed by atoms with Gasteiger partial charge in [0.1, 0.15) is 0 Å². The second kappa shape index (κ2) is 4.02. The summed E-state index contributed by atoms with van der Waals surface area (Å²) >= 11 is -1.90. The molecule has 0 saturated carbocycles. The topological polar surface area (TPSA) is 40.1 Å². The second-order valence-corrected chi connectivity index (χ2v) is 1.98. The SMILES string of the molecule is C/C=C/CS(=O)[O-]. The lowest BCUT2D eigenvalue weighted by Gasteiger charge is -1.95. The van der Waals surface area contributed by atoms with E-state index >= 15 is 0 Å². The maximum atomic E-state index is 9.71. The van der Waals surface area contributed by atoms with E-state index in [1.165, 1.54) is 0 Å².